The van der Waals surface area contributed by atoms with Crippen LogP contribution in [0.25, 0.3) is 5.69 Å². The summed E-state index contributed by atoms with van der Waals surface area (Å²) < 4.78 is 5.96. The normalized spacial score (nSPS) is 10.5. The molecule has 0 bridgehead atoms. The van der Waals surface area contributed by atoms with Crippen LogP contribution in [0.15, 0.2) is 58.1 Å². The number of para-hydroxylation sites is 1. The number of thioether (sulfide) groups is 1. The van der Waals surface area contributed by atoms with Crippen LogP contribution >= 0.6 is 11.8 Å². The quantitative estimate of drug-likeness (QED) is 0.325. The number of carboxylic acids is 1. The molecule has 0 saturated carbocycles. The smallest absolute Gasteiger partial charge is 0.339 e. The monoisotopic (exact) mass is 387 g/mol. The van der Waals surface area contributed by atoms with Gasteiger partial charge in [0.2, 0.25) is 11.6 Å². The topological polar surface area (TPSA) is 140 Å². The number of aromatic hydroxyl groups is 1. The number of amides is 1. The fraction of sp³-hybridized carbons (Fsp3) is 0.0588. The number of carboxylic acid groups (broad SMARTS) is 1. The maximum absolute atomic E-state index is 12.1. The van der Waals surface area contributed by atoms with Crippen molar-refractivity contribution in [2.75, 3.05) is 11.1 Å². The summed E-state index contributed by atoms with van der Waals surface area (Å²) in [5.41, 5.74) is 0.485. The molecule has 3 N–H and O–H groups in total. The maximum atomic E-state index is 12.1. The zero-order valence-corrected chi connectivity index (χ0v) is 14.5. The van der Waals surface area contributed by atoms with Gasteiger partial charge in [-0.2, -0.15) is 0 Å². The van der Waals surface area contributed by atoms with Crippen LogP contribution in [0.5, 0.6) is 11.7 Å². The van der Waals surface area contributed by atoms with Gasteiger partial charge in [0.25, 0.3) is 5.03 Å². The highest BCUT2D eigenvalue weighted by Gasteiger charge is 2.22. The number of anilines is 1. The van der Waals surface area contributed by atoms with E-state index >= 15 is 0 Å². The second-order valence-corrected chi connectivity index (χ2v) is 6.25. The van der Waals surface area contributed by atoms with Crippen LogP contribution in [-0.4, -0.2) is 33.1 Å². The average Bonchev–Trinajstić information content (AvgIpc) is 3.02. The number of carbonyl (C=O) groups is 2. The molecular formula is C17H13N3O6S. The van der Waals surface area contributed by atoms with Crippen molar-refractivity contribution in [3.05, 3.63) is 54.1 Å². The minimum absolute atomic E-state index is 0.132. The van der Waals surface area contributed by atoms with E-state index in [-0.39, 0.29) is 22.0 Å². The Labute approximate surface area is 156 Å². The van der Waals surface area contributed by atoms with Gasteiger partial charge in [0.1, 0.15) is 11.3 Å². The molecule has 0 saturated heterocycles. The molecule has 1 heterocycles. The van der Waals surface area contributed by atoms with Crippen molar-refractivity contribution in [2.45, 2.75) is 5.03 Å². The molecule has 0 spiro atoms. The van der Waals surface area contributed by atoms with Gasteiger partial charge in [-0.15, -0.1) is 0 Å². The van der Waals surface area contributed by atoms with Crippen LogP contribution in [0.3, 0.4) is 0 Å². The molecule has 10 heteroatoms. The first-order chi connectivity index (χ1) is 13.0. The SMILES string of the molecule is O=C(CSc1c([O-])on[n+]1-c1ccccc1)Nc1ccc(O)c(C(=O)O)c1. The van der Waals surface area contributed by atoms with Crippen molar-refractivity contribution >= 4 is 29.3 Å². The average molecular weight is 387 g/mol. The minimum atomic E-state index is -1.32. The Morgan fingerprint density at radius 2 is 1.96 bits per heavy atom. The Morgan fingerprint density at radius 1 is 1.22 bits per heavy atom. The van der Waals surface area contributed by atoms with Crippen LogP contribution < -0.4 is 15.1 Å². The summed E-state index contributed by atoms with van der Waals surface area (Å²) in [5.74, 6) is -3.00. The van der Waals surface area contributed by atoms with E-state index in [9.17, 15) is 19.8 Å². The molecule has 3 rings (SSSR count). The highest BCUT2D eigenvalue weighted by molar-refractivity contribution is 7.99. The van der Waals surface area contributed by atoms with E-state index < -0.39 is 23.6 Å². The number of benzene rings is 2. The van der Waals surface area contributed by atoms with Crippen LogP contribution in [0, 0.1) is 0 Å². The van der Waals surface area contributed by atoms with Crippen molar-refractivity contribution in [1.82, 2.24) is 5.27 Å². The number of nitrogens with one attached hydrogen (secondary N) is 1. The van der Waals surface area contributed by atoms with Crippen LogP contribution in [0.2, 0.25) is 0 Å². The summed E-state index contributed by atoms with van der Waals surface area (Å²) in [6.07, 6.45) is 0. The lowest BCUT2D eigenvalue weighted by atomic mass is 10.2. The van der Waals surface area contributed by atoms with Crippen molar-refractivity contribution < 1.29 is 34.1 Å². The Morgan fingerprint density at radius 3 is 2.67 bits per heavy atom. The van der Waals surface area contributed by atoms with E-state index in [1.807, 2.05) is 6.07 Å². The van der Waals surface area contributed by atoms with Gasteiger partial charge < -0.3 is 25.2 Å². The molecule has 1 amide bonds. The first-order valence-corrected chi connectivity index (χ1v) is 8.57. The van der Waals surface area contributed by atoms with Crippen LogP contribution in [0.1, 0.15) is 10.4 Å². The summed E-state index contributed by atoms with van der Waals surface area (Å²) in [5, 5.41) is 36.6. The Kier molecular flexibility index (Phi) is 5.27. The Balaban J connectivity index is 1.70. The van der Waals surface area contributed by atoms with Gasteiger partial charge in [0, 0.05) is 17.8 Å². The van der Waals surface area contributed by atoms with Crippen molar-refractivity contribution in [1.29, 1.82) is 0 Å². The zero-order chi connectivity index (χ0) is 19.4. The third-order valence-electron chi connectivity index (χ3n) is 3.42. The summed E-state index contributed by atoms with van der Waals surface area (Å²) in [4.78, 5) is 23.1. The number of aromatic nitrogens is 2. The second kappa shape index (κ2) is 7.79. The van der Waals surface area contributed by atoms with Gasteiger partial charge in [0.15, 0.2) is 5.95 Å². The van der Waals surface area contributed by atoms with Gasteiger partial charge in [-0.3, -0.25) is 4.79 Å². The molecule has 27 heavy (non-hydrogen) atoms. The number of aromatic carboxylic acids is 1. The molecule has 3 aromatic rings. The largest absolute Gasteiger partial charge is 0.538 e. The van der Waals surface area contributed by atoms with E-state index in [0.29, 0.717) is 5.69 Å². The molecule has 0 unspecified atom stereocenters. The summed E-state index contributed by atoms with van der Waals surface area (Å²) in [6, 6.07) is 12.5. The predicted octanol–water partition coefficient (Wildman–Crippen LogP) is 1.16. The molecule has 2 aromatic carbocycles. The zero-order valence-electron chi connectivity index (χ0n) is 13.7. The number of hydrogen-bond acceptors (Lipinski definition) is 7. The molecule has 9 nitrogen and oxygen atoms in total. The Bertz CT molecular complexity index is 990. The highest BCUT2D eigenvalue weighted by Crippen LogP contribution is 2.24. The Hall–Kier alpha value is -3.53. The highest BCUT2D eigenvalue weighted by atomic mass is 32.2. The van der Waals surface area contributed by atoms with Crippen molar-refractivity contribution in [3.63, 3.8) is 0 Å². The van der Waals surface area contributed by atoms with Gasteiger partial charge in [-0.1, -0.05) is 18.2 Å². The van der Waals surface area contributed by atoms with Gasteiger partial charge in [0.05, 0.1) is 11.0 Å². The molecule has 0 aliphatic heterocycles. The molecule has 0 aliphatic rings. The van der Waals surface area contributed by atoms with Crippen molar-refractivity contribution in [2.24, 2.45) is 0 Å². The molecule has 0 radical (unpaired) electrons. The first kappa shape index (κ1) is 18.3. The minimum Gasteiger partial charge on any atom is -0.538 e. The maximum Gasteiger partial charge on any atom is 0.339 e. The van der Waals surface area contributed by atoms with Crippen molar-refractivity contribution in [3.8, 4) is 17.4 Å². The van der Waals surface area contributed by atoms with E-state index in [2.05, 4.69) is 15.1 Å². The summed E-state index contributed by atoms with van der Waals surface area (Å²) in [6.45, 7) is 0. The second-order valence-electron chi connectivity index (χ2n) is 5.29. The first-order valence-electron chi connectivity index (χ1n) is 7.59. The summed E-state index contributed by atoms with van der Waals surface area (Å²) in [7, 11) is 0. The van der Waals surface area contributed by atoms with Crippen LogP contribution in [-0.2, 0) is 4.79 Å². The summed E-state index contributed by atoms with van der Waals surface area (Å²) >= 11 is 0.933. The third-order valence-corrected chi connectivity index (χ3v) is 4.44. The lowest BCUT2D eigenvalue weighted by molar-refractivity contribution is -0.705. The fourth-order valence-corrected chi connectivity index (χ4v) is 2.97. The van der Waals surface area contributed by atoms with Gasteiger partial charge >= 0.3 is 5.97 Å². The number of nitrogens with zero attached hydrogens (tertiary/aromatic N) is 2. The molecule has 0 atom stereocenters. The third kappa shape index (κ3) is 4.18. The lowest BCUT2D eigenvalue weighted by Crippen LogP contribution is -2.35. The van der Waals surface area contributed by atoms with E-state index in [0.717, 1.165) is 17.8 Å². The predicted molar refractivity (Wildman–Crippen MR) is 91.9 cm³/mol. The van der Waals surface area contributed by atoms with E-state index in [1.165, 1.54) is 16.8 Å². The van der Waals surface area contributed by atoms with E-state index in [4.69, 9.17) is 5.11 Å². The molecule has 1 aromatic heterocycles. The standard InChI is InChI=1S/C17H12N3O6S/c21-13-7-6-10(8-12(13)16(23)24)18-14(22)9-27-15-17(25)26-19-20(15)11-4-2-1-3-5-11/h1-8H,9H2,(H2,23,24,25)/q-1/p+1. The van der Waals surface area contributed by atoms with Gasteiger partial charge in [-0.05, 0) is 34.6 Å². The molecule has 138 valence electrons. The number of phenols is 1. The number of hydrogen-bond donors (Lipinski definition) is 3. The molecule has 0 aliphatic carbocycles. The lowest BCUT2D eigenvalue weighted by Gasteiger charge is -2.06. The fourth-order valence-electron chi connectivity index (χ4n) is 2.21. The van der Waals surface area contributed by atoms with Crippen LogP contribution in [0.4, 0.5) is 5.69 Å². The van der Waals surface area contributed by atoms with E-state index in [1.54, 1.807) is 24.3 Å². The molecular weight excluding hydrogens is 374 g/mol. The number of carbonyl (C=O) groups excluding carboxylic acids is 1. The van der Waals surface area contributed by atoms with Gasteiger partial charge in [-0.25, -0.2) is 4.79 Å². The molecule has 0 fully saturated rings. The number of rotatable bonds is 6.